The molecule has 1 aliphatic rings. The molecule has 0 aromatic heterocycles. The Bertz CT molecular complexity index is 506. The Labute approximate surface area is 142 Å². The van der Waals surface area contributed by atoms with Crippen LogP contribution in [0.25, 0.3) is 0 Å². The lowest BCUT2D eigenvalue weighted by molar-refractivity contribution is -0.152. The van der Waals surface area contributed by atoms with Crippen LogP contribution in [0.2, 0.25) is 0 Å². The summed E-state index contributed by atoms with van der Waals surface area (Å²) in [4.78, 5) is 23.8. The lowest BCUT2D eigenvalue weighted by Gasteiger charge is -2.24. The van der Waals surface area contributed by atoms with E-state index in [0.717, 1.165) is 24.9 Å². The minimum Gasteiger partial charge on any atom is -0.467 e. The third-order valence-corrected chi connectivity index (χ3v) is 3.83. The highest BCUT2D eigenvalue weighted by molar-refractivity contribution is 5.85. The predicted molar refractivity (Wildman–Crippen MR) is 88.4 cm³/mol. The summed E-state index contributed by atoms with van der Waals surface area (Å²) in [7, 11) is 1.21. The number of hydrogen-bond donors (Lipinski definition) is 3. The third-order valence-electron chi connectivity index (χ3n) is 3.83. The third kappa shape index (κ3) is 5.49. The Morgan fingerprint density at radius 1 is 1.39 bits per heavy atom. The molecule has 3 N–H and O–H groups in total. The number of amides is 1. The molecule has 6 nitrogen and oxygen atoms in total. The van der Waals surface area contributed by atoms with E-state index < -0.39 is 18.1 Å². The summed E-state index contributed by atoms with van der Waals surface area (Å²) in [5, 5.41) is 16.0. The van der Waals surface area contributed by atoms with Gasteiger partial charge in [0, 0.05) is 0 Å². The highest BCUT2D eigenvalue weighted by atomic mass is 35.5. The van der Waals surface area contributed by atoms with Gasteiger partial charge in [0.25, 0.3) is 0 Å². The molecule has 23 heavy (non-hydrogen) atoms. The van der Waals surface area contributed by atoms with Gasteiger partial charge in [0.1, 0.15) is 0 Å². The van der Waals surface area contributed by atoms with Crippen LogP contribution in [-0.2, 0) is 20.7 Å². The Morgan fingerprint density at radius 3 is 2.65 bits per heavy atom. The number of rotatable bonds is 6. The van der Waals surface area contributed by atoms with Crippen LogP contribution in [0.3, 0.4) is 0 Å². The maximum Gasteiger partial charge on any atom is 0.336 e. The fraction of sp³-hybridized carbons (Fsp3) is 0.500. The van der Waals surface area contributed by atoms with Crippen LogP contribution < -0.4 is 10.6 Å². The summed E-state index contributed by atoms with van der Waals surface area (Å²) in [6.07, 6.45) is 0.671. The number of methoxy groups -OCH3 is 1. The molecule has 1 heterocycles. The maximum absolute atomic E-state index is 12.2. The number of carbonyl (C=O) groups excluding carboxylic acids is 2. The zero-order valence-corrected chi connectivity index (χ0v) is 13.8. The van der Waals surface area contributed by atoms with Crippen LogP contribution in [0.1, 0.15) is 18.4 Å². The number of carbonyl (C=O) groups is 2. The van der Waals surface area contributed by atoms with Crippen molar-refractivity contribution in [1.82, 2.24) is 10.6 Å². The fourth-order valence-corrected chi connectivity index (χ4v) is 2.59. The van der Waals surface area contributed by atoms with Crippen molar-refractivity contribution in [3.8, 4) is 0 Å². The topological polar surface area (TPSA) is 87.7 Å². The second-order valence-electron chi connectivity index (χ2n) is 5.42. The molecule has 1 aromatic carbocycles. The van der Waals surface area contributed by atoms with E-state index in [1.165, 1.54) is 7.11 Å². The first-order valence-electron chi connectivity index (χ1n) is 7.45. The fourth-order valence-electron chi connectivity index (χ4n) is 2.59. The molecule has 1 aromatic rings. The van der Waals surface area contributed by atoms with Crippen molar-refractivity contribution < 1.29 is 19.4 Å². The van der Waals surface area contributed by atoms with E-state index in [-0.39, 0.29) is 24.4 Å². The van der Waals surface area contributed by atoms with Gasteiger partial charge in [0.2, 0.25) is 5.91 Å². The van der Waals surface area contributed by atoms with Gasteiger partial charge in [-0.1, -0.05) is 30.3 Å². The quantitative estimate of drug-likeness (QED) is 0.652. The zero-order valence-electron chi connectivity index (χ0n) is 13.0. The molecule has 0 bridgehead atoms. The van der Waals surface area contributed by atoms with Crippen LogP contribution in [0.4, 0.5) is 0 Å². The maximum atomic E-state index is 12.2. The summed E-state index contributed by atoms with van der Waals surface area (Å²) in [6, 6.07) is 8.42. The van der Waals surface area contributed by atoms with E-state index in [4.69, 9.17) is 0 Å². The van der Waals surface area contributed by atoms with Gasteiger partial charge in [-0.3, -0.25) is 4.79 Å². The SMILES string of the molecule is COC(=O)[C@H](O)[C@@H](Cc1ccccc1)NC(=O)[C@@H]1CCCN1.Cl. The molecule has 7 heteroatoms. The van der Waals surface area contributed by atoms with Crippen molar-refractivity contribution in [3.63, 3.8) is 0 Å². The molecular formula is C16H23ClN2O4. The lowest BCUT2D eigenvalue weighted by atomic mass is 10.0. The van der Waals surface area contributed by atoms with Crippen LogP contribution in [-0.4, -0.2) is 48.8 Å². The Morgan fingerprint density at radius 2 is 2.09 bits per heavy atom. The molecule has 0 radical (unpaired) electrons. The van der Waals surface area contributed by atoms with Crippen molar-refractivity contribution in [1.29, 1.82) is 0 Å². The average Bonchev–Trinajstić information content (AvgIpc) is 3.08. The predicted octanol–water partition coefficient (Wildman–Crippen LogP) is 0.422. The van der Waals surface area contributed by atoms with E-state index in [1.54, 1.807) is 0 Å². The number of halogens is 1. The number of esters is 1. The lowest BCUT2D eigenvalue weighted by Crippen LogP contribution is -2.52. The molecule has 1 aliphatic heterocycles. The van der Waals surface area contributed by atoms with Crippen molar-refractivity contribution in [3.05, 3.63) is 35.9 Å². The van der Waals surface area contributed by atoms with Gasteiger partial charge >= 0.3 is 5.97 Å². The minimum absolute atomic E-state index is 0. The van der Waals surface area contributed by atoms with Crippen LogP contribution in [0, 0.1) is 0 Å². The van der Waals surface area contributed by atoms with Crippen molar-refractivity contribution in [2.75, 3.05) is 13.7 Å². The highest BCUT2D eigenvalue weighted by Crippen LogP contribution is 2.10. The van der Waals surface area contributed by atoms with E-state index in [1.807, 2.05) is 30.3 Å². The van der Waals surface area contributed by atoms with Crippen molar-refractivity contribution >= 4 is 24.3 Å². The minimum atomic E-state index is -1.39. The summed E-state index contributed by atoms with van der Waals surface area (Å²) >= 11 is 0. The average molecular weight is 343 g/mol. The van der Waals surface area contributed by atoms with E-state index in [9.17, 15) is 14.7 Å². The number of aliphatic hydroxyl groups excluding tert-OH is 1. The molecular weight excluding hydrogens is 320 g/mol. The van der Waals surface area contributed by atoms with Crippen LogP contribution >= 0.6 is 12.4 Å². The molecule has 1 fully saturated rings. The van der Waals surface area contributed by atoms with E-state index in [0.29, 0.717) is 6.42 Å². The zero-order chi connectivity index (χ0) is 15.9. The molecule has 0 spiro atoms. The van der Waals surface area contributed by atoms with Gasteiger partial charge in [-0.25, -0.2) is 4.79 Å². The Hall–Kier alpha value is -1.63. The summed E-state index contributed by atoms with van der Waals surface area (Å²) in [5.41, 5.74) is 0.926. The molecule has 1 saturated heterocycles. The molecule has 2 rings (SSSR count). The number of ether oxygens (including phenoxy) is 1. The van der Waals surface area contributed by atoms with Crippen LogP contribution in [0.5, 0.6) is 0 Å². The summed E-state index contributed by atoms with van der Waals surface area (Å²) < 4.78 is 4.58. The van der Waals surface area contributed by atoms with Crippen molar-refractivity contribution in [2.24, 2.45) is 0 Å². The molecule has 0 unspecified atom stereocenters. The summed E-state index contributed by atoms with van der Waals surface area (Å²) in [6.45, 7) is 0.807. The number of nitrogens with one attached hydrogen (secondary N) is 2. The number of aliphatic hydroxyl groups is 1. The first-order valence-corrected chi connectivity index (χ1v) is 7.45. The molecule has 0 saturated carbocycles. The monoisotopic (exact) mass is 342 g/mol. The van der Waals surface area contributed by atoms with Gasteiger partial charge in [-0.2, -0.15) is 0 Å². The second kappa shape index (κ2) is 9.50. The largest absolute Gasteiger partial charge is 0.467 e. The van der Waals surface area contributed by atoms with Gasteiger partial charge in [-0.15, -0.1) is 12.4 Å². The summed E-state index contributed by atoms with van der Waals surface area (Å²) in [5.74, 6) is -0.943. The second-order valence-corrected chi connectivity index (χ2v) is 5.42. The van der Waals surface area contributed by atoms with Gasteiger partial charge in [-0.05, 0) is 31.4 Å². The molecule has 3 atom stereocenters. The highest BCUT2D eigenvalue weighted by Gasteiger charge is 2.31. The Balaban J connectivity index is 0.00000264. The number of benzene rings is 1. The standard InChI is InChI=1S/C16H22N2O4.ClH/c1-22-16(21)14(19)13(10-11-6-3-2-4-7-11)18-15(20)12-8-5-9-17-12;/h2-4,6-7,12-14,17,19H,5,8-10H2,1H3,(H,18,20);1H/t12-,13+,14+;/m0./s1. The van der Waals surface area contributed by atoms with E-state index in [2.05, 4.69) is 15.4 Å². The normalized spacial score (nSPS) is 19.3. The van der Waals surface area contributed by atoms with Gasteiger partial charge in [0.15, 0.2) is 6.10 Å². The van der Waals surface area contributed by atoms with Crippen molar-refractivity contribution in [2.45, 2.75) is 37.5 Å². The molecule has 0 aliphatic carbocycles. The number of hydrogen-bond acceptors (Lipinski definition) is 5. The first kappa shape index (κ1) is 19.4. The smallest absolute Gasteiger partial charge is 0.336 e. The van der Waals surface area contributed by atoms with Gasteiger partial charge in [0.05, 0.1) is 19.2 Å². The Kier molecular flexibility index (Phi) is 8.02. The van der Waals surface area contributed by atoms with Crippen LogP contribution in [0.15, 0.2) is 30.3 Å². The van der Waals surface area contributed by atoms with Gasteiger partial charge < -0.3 is 20.5 Å². The molecule has 128 valence electrons. The van der Waals surface area contributed by atoms with E-state index >= 15 is 0 Å². The molecule has 1 amide bonds. The first-order chi connectivity index (χ1) is 10.6.